The zero-order chi connectivity index (χ0) is 15.5. The molecule has 0 spiro atoms. The van der Waals surface area contributed by atoms with Gasteiger partial charge in [-0.15, -0.1) is 11.3 Å². The molecule has 1 aromatic carbocycles. The Morgan fingerprint density at radius 3 is 2.68 bits per heavy atom. The number of hydrogen-bond donors (Lipinski definition) is 0. The van der Waals surface area contributed by atoms with Crippen molar-refractivity contribution in [2.75, 3.05) is 31.2 Å². The molecule has 1 aromatic heterocycles. The predicted molar refractivity (Wildman–Crippen MR) is 87.9 cm³/mol. The molecular weight excluding hydrogens is 320 g/mol. The summed E-state index contributed by atoms with van der Waals surface area (Å²) in [5.41, 5.74) is 1.87. The smallest absolute Gasteiger partial charge is 0.160 e. The van der Waals surface area contributed by atoms with E-state index in [-0.39, 0.29) is 0 Å². The lowest BCUT2D eigenvalue weighted by atomic mass is 10.0. The topological polar surface area (TPSA) is 53.3 Å². The molecule has 1 fully saturated rings. The van der Waals surface area contributed by atoms with E-state index in [1.165, 1.54) is 11.3 Å². The van der Waals surface area contributed by atoms with Crippen molar-refractivity contribution in [2.24, 2.45) is 0 Å². The third kappa shape index (κ3) is 2.61. The largest absolute Gasteiger partial charge is 0.378 e. The summed E-state index contributed by atoms with van der Waals surface area (Å²) >= 11 is 7.60. The number of benzene rings is 1. The van der Waals surface area contributed by atoms with Gasteiger partial charge in [0.25, 0.3) is 0 Å². The molecule has 2 heterocycles. The number of carbonyl (C=O) groups excluding carboxylic acids is 1. The van der Waals surface area contributed by atoms with Gasteiger partial charge in [0.1, 0.15) is 11.1 Å². The zero-order valence-corrected chi connectivity index (χ0v) is 13.3. The Kier molecular flexibility index (Phi) is 4.44. The van der Waals surface area contributed by atoms with Crippen LogP contribution in [0.1, 0.15) is 15.2 Å². The molecule has 6 heteroatoms. The summed E-state index contributed by atoms with van der Waals surface area (Å²) in [5.74, 6) is 0. The zero-order valence-electron chi connectivity index (χ0n) is 11.7. The number of thiophene rings is 1. The van der Waals surface area contributed by atoms with Gasteiger partial charge in [-0.05, 0) is 6.07 Å². The van der Waals surface area contributed by atoms with Crippen LogP contribution in [0.5, 0.6) is 0 Å². The first-order valence-electron chi connectivity index (χ1n) is 6.86. The first-order chi connectivity index (χ1) is 10.8. The van der Waals surface area contributed by atoms with E-state index in [0.717, 1.165) is 29.9 Å². The Morgan fingerprint density at radius 2 is 2.05 bits per heavy atom. The van der Waals surface area contributed by atoms with Crippen molar-refractivity contribution in [3.63, 3.8) is 0 Å². The molecule has 0 aliphatic carbocycles. The predicted octanol–water partition coefficient (Wildman–Crippen LogP) is 3.59. The number of aldehydes is 1. The molecule has 22 heavy (non-hydrogen) atoms. The molecule has 4 nitrogen and oxygen atoms in total. The number of nitriles is 1. The highest BCUT2D eigenvalue weighted by Crippen LogP contribution is 2.43. The number of ether oxygens (including phenoxy) is 1. The highest BCUT2D eigenvalue weighted by Gasteiger charge is 2.25. The third-order valence-electron chi connectivity index (χ3n) is 3.58. The van der Waals surface area contributed by atoms with E-state index < -0.39 is 0 Å². The lowest BCUT2D eigenvalue weighted by Crippen LogP contribution is -2.36. The maximum absolute atomic E-state index is 11.5. The van der Waals surface area contributed by atoms with Crippen LogP contribution < -0.4 is 4.90 Å². The molecule has 0 atom stereocenters. The van der Waals surface area contributed by atoms with Gasteiger partial charge in [-0.25, -0.2) is 0 Å². The molecule has 1 aliphatic heterocycles. The quantitative estimate of drug-likeness (QED) is 0.806. The van der Waals surface area contributed by atoms with Crippen molar-refractivity contribution >= 4 is 34.2 Å². The van der Waals surface area contributed by atoms with E-state index in [4.69, 9.17) is 16.3 Å². The highest BCUT2D eigenvalue weighted by molar-refractivity contribution is 7.18. The SMILES string of the molecule is N#Cc1c(N2CCOCC2)sc(C=O)c1-c1ccccc1Cl. The molecule has 3 rings (SSSR count). The summed E-state index contributed by atoms with van der Waals surface area (Å²) in [6.07, 6.45) is 0.800. The molecule has 0 amide bonds. The summed E-state index contributed by atoms with van der Waals surface area (Å²) in [4.78, 5) is 14.1. The molecule has 0 saturated carbocycles. The van der Waals surface area contributed by atoms with Gasteiger partial charge in [0.2, 0.25) is 0 Å². The van der Waals surface area contributed by atoms with E-state index in [1.807, 2.05) is 18.2 Å². The van der Waals surface area contributed by atoms with Crippen LogP contribution in [-0.4, -0.2) is 32.6 Å². The summed E-state index contributed by atoms with van der Waals surface area (Å²) in [5, 5.41) is 11.0. The van der Waals surface area contributed by atoms with Crippen molar-refractivity contribution in [3.05, 3.63) is 39.7 Å². The van der Waals surface area contributed by atoms with Crippen LogP contribution in [0.4, 0.5) is 5.00 Å². The summed E-state index contributed by atoms with van der Waals surface area (Å²) in [6.45, 7) is 2.69. The minimum Gasteiger partial charge on any atom is -0.378 e. The van der Waals surface area contributed by atoms with Gasteiger partial charge in [-0.2, -0.15) is 5.26 Å². The summed E-state index contributed by atoms with van der Waals surface area (Å²) in [6, 6.07) is 9.53. The van der Waals surface area contributed by atoms with Crippen molar-refractivity contribution in [1.82, 2.24) is 0 Å². The number of anilines is 1. The van der Waals surface area contributed by atoms with Gasteiger partial charge >= 0.3 is 0 Å². The van der Waals surface area contributed by atoms with Crippen molar-refractivity contribution in [2.45, 2.75) is 0 Å². The first kappa shape index (κ1) is 15.0. The van der Waals surface area contributed by atoms with Crippen molar-refractivity contribution < 1.29 is 9.53 Å². The second-order valence-corrected chi connectivity index (χ2v) is 6.27. The van der Waals surface area contributed by atoms with Crippen LogP contribution in [-0.2, 0) is 4.74 Å². The average Bonchev–Trinajstić information content (AvgIpc) is 2.94. The van der Waals surface area contributed by atoms with E-state index in [2.05, 4.69) is 11.0 Å². The molecule has 2 aromatic rings. The van der Waals surface area contributed by atoms with Crippen LogP contribution in [0.3, 0.4) is 0 Å². The minimum absolute atomic E-state index is 0.516. The molecule has 0 N–H and O–H groups in total. The van der Waals surface area contributed by atoms with Crippen LogP contribution in [0.25, 0.3) is 11.1 Å². The fourth-order valence-corrected chi connectivity index (χ4v) is 3.91. The lowest BCUT2D eigenvalue weighted by Gasteiger charge is -2.27. The first-order valence-corrected chi connectivity index (χ1v) is 8.05. The highest BCUT2D eigenvalue weighted by atomic mass is 35.5. The standard InChI is InChI=1S/C16H13ClN2O2S/c17-13-4-2-1-3-11(13)15-12(9-18)16(22-14(15)10-20)19-5-7-21-8-6-19/h1-4,10H,5-8H2. The second kappa shape index (κ2) is 6.49. The Balaban J connectivity index is 2.17. The Bertz CT molecular complexity index is 745. The van der Waals surface area contributed by atoms with Crippen molar-refractivity contribution in [3.8, 4) is 17.2 Å². The van der Waals surface area contributed by atoms with Gasteiger partial charge in [0.15, 0.2) is 6.29 Å². The number of rotatable bonds is 3. The van der Waals surface area contributed by atoms with E-state index >= 15 is 0 Å². The molecule has 0 bridgehead atoms. The molecule has 0 unspecified atom stereocenters. The lowest BCUT2D eigenvalue weighted by molar-refractivity contribution is 0.112. The molecule has 1 saturated heterocycles. The van der Waals surface area contributed by atoms with E-state index in [0.29, 0.717) is 34.2 Å². The average molecular weight is 333 g/mol. The summed E-state index contributed by atoms with van der Waals surface area (Å²) in [7, 11) is 0. The number of halogens is 1. The minimum atomic E-state index is 0.516. The van der Waals surface area contributed by atoms with Gasteiger partial charge in [0.05, 0.1) is 23.7 Å². The monoisotopic (exact) mass is 332 g/mol. The summed E-state index contributed by atoms with van der Waals surface area (Å²) < 4.78 is 5.35. The Hall–Kier alpha value is -1.87. The molecule has 112 valence electrons. The van der Waals surface area contributed by atoms with Gasteiger partial charge in [-0.1, -0.05) is 29.8 Å². The second-order valence-electron chi connectivity index (χ2n) is 4.83. The van der Waals surface area contributed by atoms with E-state index in [9.17, 15) is 10.1 Å². The molecular formula is C16H13ClN2O2S. The number of nitrogens with zero attached hydrogens (tertiary/aromatic N) is 2. The fourth-order valence-electron chi connectivity index (χ4n) is 2.54. The van der Waals surface area contributed by atoms with Gasteiger partial charge in [0, 0.05) is 29.2 Å². The maximum Gasteiger partial charge on any atom is 0.160 e. The molecule has 1 aliphatic rings. The third-order valence-corrected chi connectivity index (χ3v) is 5.08. The Labute approximate surface area is 137 Å². The Morgan fingerprint density at radius 1 is 1.32 bits per heavy atom. The maximum atomic E-state index is 11.5. The van der Waals surface area contributed by atoms with Crippen molar-refractivity contribution in [1.29, 1.82) is 5.26 Å². The van der Waals surface area contributed by atoms with Gasteiger partial charge in [-0.3, -0.25) is 4.79 Å². The number of carbonyl (C=O) groups is 1. The van der Waals surface area contributed by atoms with E-state index in [1.54, 1.807) is 6.07 Å². The van der Waals surface area contributed by atoms with Crippen LogP contribution in [0.15, 0.2) is 24.3 Å². The number of hydrogen-bond acceptors (Lipinski definition) is 5. The normalized spacial score (nSPS) is 14.6. The van der Waals surface area contributed by atoms with Crippen LogP contribution in [0, 0.1) is 11.3 Å². The fraction of sp³-hybridized carbons (Fsp3) is 0.250. The van der Waals surface area contributed by atoms with Crippen LogP contribution >= 0.6 is 22.9 Å². The molecule has 0 radical (unpaired) electrons. The number of morpholine rings is 1. The van der Waals surface area contributed by atoms with Crippen LogP contribution in [0.2, 0.25) is 5.02 Å². The van der Waals surface area contributed by atoms with Gasteiger partial charge < -0.3 is 9.64 Å².